The molecule has 12 nitrogen and oxygen atoms in total. The molecule has 1 unspecified atom stereocenters. The highest BCUT2D eigenvalue weighted by atomic mass is 16.7. The summed E-state index contributed by atoms with van der Waals surface area (Å²) in [7, 11) is -0.551. The number of allylic oxidation sites excluding steroid dienone is 1. The summed E-state index contributed by atoms with van der Waals surface area (Å²) in [6.45, 7) is 15.3. The van der Waals surface area contributed by atoms with Crippen molar-refractivity contribution < 1.29 is 23.9 Å². The van der Waals surface area contributed by atoms with E-state index in [0.29, 0.717) is 49.1 Å². The van der Waals surface area contributed by atoms with Crippen molar-refractivity contribution in [1.29, 1.82) is 0 Å². The maximum atomic E-state index is 13.7. The third-order valence-electron chi connectivity index (χ3n) is 9.68. The monoisotopic (exact) mass is 576 g/mol. The Bertz CT molecular complexity index is 1030. The van der Waals surface area contributed by atoms with Gasteiger partial charge in [0.2, 0.25) is 18.1 Å². The Hall–Kier alpha value is -2.22. The fourth-order valence-electron chi connectivity index (χ4n) is 7.01. The summed E-state index contributed by atoms with van der Waals surface area (Å²) >= 11 is 0. The molecule has 0 spiro atoms. The second-order valence-corrected chi connectivity index (χ2v) is 13.5. The molecule has 2 heterocycles. The van der Waals surface area contributed by atoms with Crippen LogP contribution >= 0.6 is 0 Å². The molecule has 7 atom stereocenters. The van der Waals surface area contributed by atoms with Gasteiger partial charge in [-0.1, -0.05) is 47.1 Å². The predicted octanol–water partition coefficient (Wildman–Crippen LogP) is 2.68. The minimum Gasteiger partial charge on any atom is -0.404 e. The zero-order chi connectivity index (χ0) is 30.1. The summed E-state index contributed by atoms with van der Waals surface area (Å²) in [5.41, 5.74) is 3.02. The van der Waals surface area contributed by atoms with Gasteiger partial charge < -0.3 is 19.9 Å². The fourth-order valence-corrected chi connectivity index (χ4v) is 7.01. The van der Waals surface area contributed by atoms with Gasteiger partial charge in [-0.05, 0) is 87.2 Å². The number of carbonyl (C=O) groups is 2. The van der Waals surface area contributed by atoms with Gasteiger partial charge in [0.05, 0.1) is 17.6 Å². The molecule has 0 aromatic carbocycles. The summed E-state index contributed by atoms with van der Waals surface area (Å²) in [6.07, 6.45) is 6.78. The number of carbonyl (C=O) groups excluding carboxylic acids is 2. The number of amides is 2. The van der Waals surface area contributed by atoms with Gasteiger partial charge in [-0.15, -0.1) is 5.43 Å². The van der Waals surface area contributed by atoms with Crippen molar-refractivity contribution in [3.63, 3.8) is 0 Å². The number of unbranched alkanes of at least 4 members (excludes halogenated alkanes) is 1. The Morgan fingerprint density at radius 3 is 2.59 bits per heavy atom. The minimum absolute atomic E-state index is 0.0125. The van der Waals surface area contributed by atoms with Crippen LogP contribution in [0.4, 0.5) is 0 Å². The lowest BCUT2D eigenvalue weighted by atomic mass is 9.43. The van der Waals surface area contributed by atoms with Gasteiger partial charge in [-0.2, -0.15) is 0 Å². The molecule has 2 aliphatic heterocycles. The fraction of sp³-hybridized carbons (Fsp3) is 0.857. The number of nitro groups is 1. The van der Waals surface area contributed by atoms with Gasteiger partial charge in [-0.25, -0.2) is 10.1 Å². The smallest absolute Gasteiger partial charge is 0.404 e. The molecule has 3 aliphatic carbocycles. The van der Waals surface area contributed by atoms with Crippen molar-refractivity contribution in [3.05, 3.63) is 21.8 Å². The molecule has 230 valence electrons. The summed E-state index contributed by atoms with van der Waals surface area (Å²) in [5.74, 6) is 0.434. The Labute approximate surface area is 244 Å². The van der Waals surface area contributed by atoms with E-state index < -0.39 is 24.5 Å². The van der Waals surface area contributed by atoms with Gasteiger partial charge in [0.15, 0.2) is 5.03 Å². The van der Waals surface area contributed by atoms with Crippen LogP contribution in [-0.2, 0) is 18.9 Å². The van der Waals surface area contributed by atoms with Crippen LogP contribution in [0.3, 0.4) is 0 Å². The lowest BCUT2D eigenvalue weighted by molar-refractivity contribution is -0.627. The van der Waals surface area contributed by atoms with Crippen LogP contribution in [0.5, 0.6) is 0 Å². The second kappa shape index (κ2) is 12.6. The lowest BCUT2D eigenvalue weighted by Crippen LogP contribution is -2.65. The van der Waals surface area contributed by atoms with E-state index in [1.54, 1.807) is 6.92 Å². The average Bonchev–Trinajstić information content (AvgIpc) is 3.59. The van der Waals surface area contributed by atoms with Crippen molar-refractivity contribution in [2.24, 2.45) is 23.2 Å². The van der Waals surface area contributed by atoms with Crippen LogP contribution in [0.15, 0.2) is 11.6 Å². The zero-order valence-electron chi connectivity index (χ0n) is 25.7. The van der Waals surface area contributed by atoms with Crippen LogP contribution < -0.4 is 21.4 Å². The molecular formula is C28H49BN6O6. The molecule has 5 aliphatic rings. The minimum atomic E-state index is -0.770. The van der Waals surface area contributed by atoms with Gasteiger partial charge >= 0.3 is 7.12 Å². The van der Waals surface area contributed by atoms with E-state index in [9.17, 15) is 19.7 Å². The van der Waals surface area contributed by atoms with E-state index in [1.807, 2.05) is 13.0 Å². The largest absolute Gasteiger partial charge is 0.481 e. The maximum absolute atomic E-state index is 13.7. The van der Waals surface area contributed by atoms with Gasteiger partial charge in [-0.3, -0.25) is 14.9 Å². The second-order valence-electron chi connectivity index (χ2n) is 13.5. The number of hydrogen-bond acceptors (Lipinski definition) is 8. The van der Waals surface area contributed by atoms with E-state index in [2.05, 4.69) is 56.0 Å². The Balaban J connectivity index is 1.41. The summed E-state index contributed by atoms with van der Waals surface area (Å²) in [6, 6.07) is -0.770. The SMILES string of the molecule is CCC/C=C(\C)C(=O)N[C@@H](CCCNC1NN1[N+](=O)[O-])C(=O)N[C@@H](CC(C)C)B1O[C@@H]2C[C@@H]3C[C@@H](C3(C)C)[C@]2(C)O1. The lowest BCUT2D eigenvalue weighted by Gasteiger charge is -2.64. The number of nitrogens with zero attached hydrogens (tertiary/aromatic N) is 2. The van der Waals surface area contributed by atoms with E-state index in [0.717, 1.165) is 30.8 Å². The van der Waals surface area contributed by atoms with Crippen LogP contribution in [-0.4, -0.2) is 65.6 Å². The highest BCUT2D eigenvalue weighted by Crippen LogP contribution is 2.65. The number of hydrogen-bond donors (Lipinski definition) is 4. The molecule has 4 N–H and O–H groups in total. The van der Waals surface area contributed by atoms with Crippen molar-refractivity contribution >= 4 is 18.9 Å². The molecule has 41 heavy (non-hydrogen) atoms. The molecule has 5 rings (SSSR count). The average molecular weight is 577 g/mol. The normalized spacial score (nSPS) is 31.3. The molecule has 3 saturated carbocycles. The Kier molecular flexibility index (Phi) is 9.72. The van der Waals surface area contributed by atoms with Crippen molar-refractivity contribution in [3.8, 4) is 0 Å². The summed E-state index contributed by atoms with van der Waals surface area (Å²) < 4.78 is 13.2. The molecule has 2 amide bonds. The first-order valence-electron chi connectivity index (χ1n) is 15.3. The third kappa shape index (κ3) is 6.89. The number of rotatable bonds is 15. The zero-order valence-corrected chi connectivity index (χ0v) is 25.7. The first kappa shape index (κ1) is 31.7. The molecular weight excluding hydrogens is 527 g/mol. The van der Waals surface area contributed by atoms with Crippen molar-refractivity contribution in [1.82, 2.24) is 26.5 Å². The summed E-state index contributed by atoms with van der Waals surface area (Å²) in [5, 5.41) is 20.3. The number of nitrogens with one attached hydrogen (secondary N) is 4. The van der Waals surface area contributed by atoms with Crippen molar-refractivity contribution in [2.45, 2.75) is 123 Å². The molecule has 0 aromatic rings. The maximum Gasteiger partial charge on any atom is 0.481 e. The molecule has 0 aromatic heterocycles. The topological polar surface area (TPSA) is 157 Å². The van der Waals surface area contributed by atoms with Crippen LogP contribution in [0.2, 0.25) is 0 Å². The third-order valence-corrected chi connectivity index (χ3v) is 9.68. The Morgan fingerprint density at radius 2 is 1.98 bits per heavy atom. The first-order chi connectivity index (χ1) is 19.3. The van der Waals surface area contributed by atoms with E-state index in [4.69, 9.17) is 9.31 Å². The predicted molar refractivity (Wildman–Crippen MR) is 155 cm³/mol. The van der Waals surface area contributed by atoms with Crippen LogP contribution in [0.1, 0.15) is 93.4 Å². The van der Waals surface area contributed by atoms with Crippen molar-refractivity contribution in [2.75, 3.05) is 6.54 Å². The van der Waals surface area contributed by atoms with Crippen LogP contribution in [0.25, 0.3) is 0 Å². The highest BCUT2D eigenvalue weighted by molar-refractivity contribution is 6.48. The molecule has 2 saturated heterocycles. The van der Waals surface area contributed by atoms with Crippen LogP contribution in [0, 0.1) is 33.3 Å². The summed E-state index contributed by atoms with van der Waals surface area (Å²) in [4.78, 5) is 37.5. The van der Waals surface area contributed by atoms with E-state index >= 15 is 0 Å². The first-order valence-corrected chi connectivity index (χ1v) is 15.3. The van der Waals surface area contributed by atoms with Gasteiger partial charge in [0.1, 0.15) is 6.04 Å². The number of hydrazine groups is 2. The van der Waals surface area contributed by atoms with E-state index in [-0.39, 0.29) is 34.9 Å². The molecule has 13 heteroatoms. The Morgan fingerprint density at radius 1 is 1.24 bits per heavy atom. The van der Waals surface area contributed by atoms with E-state index in [1.165, 1.54) is 0 Å². The quantitative estimate of drug-likeness (QED) is 0.0575. The molecule has 5 fully saturated rings. The molecule has 0 radical (unpaired) electrons. The standard InChI is InChI=1S/C28H49BN6O6/c1-8-9-11-18(4)24(36)31-20(12-10-13-30-26-33-34(26)35(38)39)25(37)32-23(14-17(2)3)29-40-22-16-19-15-21(27(19,5)6)28(22,7)41-29/h11,17,19-23,26,30,33H,8-10,12-16H2,1-7H3,(H,31,36)(H,32,37)/b18-11+/t19-,20-,21-,22+,23-,26?,28-,34?/m0/s1. The highest BCUT2D eigenvalue weighted by Gasteiger charge is 2.68. The van der Waals surface area contributed by atoms with Gasteiger partial charge in [0.25, 0.3) is 0 Å². The molecule has 2 bridgehead atoms. The van der Waals surface area contributed by atoms with Gasteiger partial charge in [0, 0.05) is 5.57 Å².